The lowest BCUT2D eigenvalue weighted by Gasteiger charge is -2.10. The first-order valence-corrected chi connectivity index (χ1v) is 12.6. The fourth-order valence-corrected chi connectivity index (χ4v) is 5.11. The molecule has 0 amide bonds. The summed E-state index contributed by atoms with van der Waals surface area (Å²) in [7, 11) is 0. The molecule has 180 valence electrons. The SMILES string of the molecule is CCOC(=O)C1=C(O)C(=Cc2cc(C)n(-c3ccc(C)cc3)c2C)SC1=Nc1ccc(CC)cc1. The van der Waals surface area contributed by atoms with Gasteiger partial charge in [-0.05, 0) is 81.7 Å². The number of aliphatic imine (C=N–C) groups is 1. The fourth-order valence-electron chi connectivity index (χ4n) is 4.08. The number of ether oxygens (including phenoxy) is 1. The van der Waals surface area contributed by atoms with Crippen LogP contribution in [0.15, 0.2) is 75.8 Å². The van der Waals surface area contributed by atoms with Crippen LogP contribution in [0.25, 0.3) is 11.8 Å². The number of nitrogens with zero attached hydrogens (tertiary/aromatic N) is 2. The topological polar surface area (TPSA) is 63.8 Å². The summed E-state index contributed by atoms with van der Waals surface area (Å²) >= 11 is 1.28. The number of hydrogen-bond acceptors (Lipinski definition) is 5. The molecule has 1 aliphatic rings. The van der Waals surface area contributed by atoms with E-state index in [1.165, 1.54) is 22.9 Å². The van der Waals surface area contributed by atoms with E-state index >= 15 is 0 Å². The van der Waals surface area contributed by atoms with Gasteiger partial charge in [0.25, 0.3) is 0 Å². The molecule has 5 nitrogen and oxygen atoms in total. The van der Waals surface area contributed by atoms with Gasteiger partial charge >= 0.3 is 5.97 Å². The average Bonchev–Trinajstić information content (AvgIpc) is 3.29. The molecule has 2 aromatic carbocycles. The predicted octanol–water partition coefficient (Wildman–Crippen LogP) is 7.16. The van der Waals surface area contributed by atoms with E-state index in [1.54, 1.807) is 6.92 Å². The Morgan fingerprint density at radius 2 is 1.74 bits per heavy atom. The van der Waals surface area contributed by atoms with Gasteiger partial charge < -0.3 is 14.4 Å². The summed E-state index contributed by atoms with van der Waals surface area (Å²) in [6, 6.07) is 18.3. The van der Waals surface area contributed by atoms with Crippen molar-refractivity contribution in [1.29, 1.82) is 0 Å². The van der Waals surface area contributed by atoms with Gasteiger partial charge in [0, 0.05) is 17.1 Å². The number of hydrogen-bond donors (Lipinski definition) is 1. The summed E-state index contributed by atoms with van der Waals surface area (Å²) < 4.78 is 7.41. The largest absolute Gasteiger partial charge is 0.506 e. The summed E-state index contributed by atoms with van der Waals surface area (Å²) in [5.41, 5.74) is 7.42. The molecule has 0 saturated heterocycles. The maximum absolute atomic E-state index is 12.7. The third kappa shape index (κ3) is 5.13. The fraction of sp³-hybridized carbons (Fsp3) is 0.241. The molecule has 3 aromatic rings. The lowest BCUT2D eigenvalue weighted by molar-refractivity contribution is -0.138. The second kappa shape index (κ2) is 10.4. The molecule has 0 unspecified atom stereocenters. The monoisotopic (exact) mass is 486 g/mol. The number of rotatable bonds is 6. The summed E-state index contributed by atoms with van der Waals surface area (Å²) in [5.74, 6) is -0.674. The molecule has 0 aliphatic carbocycles. The normalized spacial score (nSPS) is 15.9. The molecule has 0 radical (unpaired) electrons. The van der Waals surface area contributed by atoms with E-state index in [4.69, 9.17) is 4.74 Å². The van der Waals surface area contributed by atoms with Gasteiger partial charge in [-0.1, -0.05) is 48.5 Å². The molecule has 0 saturated carbocycles. The van der Waals surface area contributed by atoms with Crippen LogP contribution in [0.5, 0.6) is 0 Å². The average molecular weight is 487 g/mol. The van der Waals surface area contributed by atoms with E-state index < -0.39 is 5.97 Å². The van der Waals surface area contributed by atoms with Crippen molar-refractivity contribution in [3.8, 4) is 5.69 Å². The van der Waals surface area contributed by atoms with E-state index in [0.717, 1.165) is 34.7 Å². The van der Waals surface area contributed by atoms with Crippen molar-refractivity contribution < 1.29 is 14.6 Å². The van der Waals surface area contributed by atoms with Crippen LogP contribution in [0.1, 0.15) is 41.9 Å². The van der Waals surface area contributed by atoms with Gasteiger partial charge in [0.1, 0.15) is 16.4 Å². The van der Waals surface area contributed by atoms with Gasteiger partial charge in [-0.25, -0.2) is 9.79 Å². The van der Waals surface area contributed by atoms with Crippen LogP contribution in [0.2, 0.25) is 0 Å². The Morgan fingerprint density at radius 1 is 1.06 bits per heavy atom. The molecule has 4 rings (SSSR count). The van der Waals surface area contributed by atoms with Crippen molar-refractivity contribution in [3.63, 3.8) is 0 Å². The predicted molar refractivity (Wildman–Crippen MR) is 145 cm³/mol. The molecular weight excluding hydrogens is 456 g/mol. The number of aliphatic hydroxyl groups is 1. The van der Waals surface area contributed by atoms with Crippen LogP contribution < -0.4 is 0 Å². The van der Waals surface area contributed by atoms with E-state index in [1.807, 2.05) is 30.3 Å². The Labute approximate surface area is 210 Å². The number of thioether (sulfide) groups is 1. The molecule has 0 spiro atoms. The highest BCUT2D eigenvalue weighted by atomic mass is 32.2. The minimum absolute atomic E-state index is 0.0995. The molecule has 0 fully saturated rings. The number of aliphatic hydroxyl groups excluding tert-OH is 1. The minimum Gasteiger partial charge on any atom is -0.506 e. The maximum atomic E-state index is 12.7. The number of esters is 1. The lowest BCUT2D eigenvalue weighted by Crippen LogP contribution is -2.12. The first-order chi connectivity index (χ1) is 16.8. The lowest BCUT2D eigenvalue weighted by atomic mass is 10.1. The van der Waals surface area contributed by atoms with E-state index in [2.05, 4.69) is 67.6 Å². The quantitative estimate of drug-likeness (QED) is 0.376. The Balaban J connectivity index is 1.75. The zero-order valence-corrected chi connectivity index (χ0v) is 21.6. The smallest absolute Gasteiger partial charge is 0.344 e. The summed E-state index contributed by atoms with van der Waals surface area (Å²) in [6.45, 7) is 10.2. The van der Waals surface area contributed by atoms with E-state index in [9.17, 15) is 9.90 Å². The van der Waals surface area contributed by atoms with Crippen LogP contribution >= 0.6 is 11.8 Å². The molecule has 2 heterocycles. The maximum Gasteiger partial charge on any atom is 0.344 e. The number of carbonyl (C=O) groups is 1. The van der Waals surface area contributed by atoms with Gasteiger partial charge in [0.2, 0.25) is 0 Å². The van der Waals surface area contributed by atoms with Crippen molar-refractivity contribution in [3.05, 3.63) is 98.9 Å². The Hall–Kier alpha value is -3.51. The highest BCUT2D eigenvalue weighted by Gasteiger charge is 2.33. The van der Waals surface area contributed by atoms with Crippen molar-refractivity contribution in [2.24, 2.45) is 4.99 Å². The standard InChI is InChI=1S/C29H30N2O3S/c1-6-21-10-12-23(13-11-21)30-28-26(29(33)34-7-2)27(32)25(35-28)17-22-16-19(4)31(20(22)5)24-14-8-18(3)9-15-24/h8-17,32H,6-7H2,1-5H3. The van der Waals surface area contributed by atoms with Crippen LogP contribution in [0.4, 0.5) is 5.69 Å². The minimum atomic E-state index is -0.574. The van der Waals surface area contributed by atoms with Crippen molar-refractivity contribution in [1.82, 2.24) is 4.57 Å². The zero-order chi connectivity index (χ0) is 25.1. The molecule has 35 heavy (non-hydrogen) atoms. The van der Waals surface area contributed by atoms with Gasteiger partial charge in [-0.15, -0.1) is 0 Å². The molecule has 1 aliphatic heterocycles. The van der Waals surface area contributed by atoms with Crippen molar-refractivity contribution >= 4 is 34.5 Å². The van der Waals surface area contributed by atoms with Crippen LogP contribution in [-0.4, -0.2) is 27.3 Å². The molecule has 0 atom stereocenters. The number of benzene rings is 2. The molecule has 6 heteroatoms. The third-order valence-corrected chi connectivity index (χ3v) is 7.01. The van der Waals surface area contributed by atoms with Crippen LogP contribution in [0.3, 0.4) is 0 Å². The highest BCUT2D eigenvalue weighted by Crippen LogP contribution is 2.41. The summed E-state index contributed by atoms with van der Waals surface area (Å²) in [6.07, 6.45) is 2.85. The van der Waals surface area contributed by atoms with Gasteiger partial charge in [-0.2, -0.15) is 0 Å². The molecule has 0 bridgehead atoms. The second-order valence-corrected chi connectivity index (χ2v) is 9.52. The summed E-state index contributed by atoms with van der Waals surface area (Å²) in [5, 5.41) is 11.5. The van der Waals surface area contributed by atoms with Gasteiger partial charge in [0.05, 0.1) is 17.2 Å². The third-order valence-electron chi connectivity index (χ3n) is 5.99. The highest BCUT2D eigenvalue weighted by molar-refractivity contribution is 8.18. The Bertz CT molecular complexity index is 1340. The Morgan fingerprint density at radius 3 is 2.37 bits per heavy atom. The number of carbonyl (C=O) groups excluding carboxylic acids is 1. The van der Waals surface area contributed by atoms with Crippen LogP contribution in [-0.2, 0) is 16.0 Å². The molecule has 1 aromatic heterocycles. The van der Waals surface area contributed by atoms with Gasteiger partial charge in [-0.3, -0.25) is 0 Å². The molecule has 1 N–H and O–H groups in total. The second-order valence-electron chi connectivity index (χ2n) is 8.49. The zero-order valence-electron chi connectivity index (χ0n) is 20.8. The van der Waals surface area contributed by atoms with E-state index in [0.29, 0.717) is 9.95 Å². The number of aryl methyl sites for hydroxylation is 3. The van der Waals surface area contributed by atoms with Gasteiger partial charge in [0.15, 0.2) is 0 Å². The van der Waals surface area contributed by atoms with Crippen molar-refractivity contribution in [2.45, 2.75) is 41.0 Å². The summed E-state index contributed by atoms with van der Waals surface area (Å²) in [4.78, 5) is 18.0. The Kier molecular flexibility index (Phi) is 7.31. The molecular formula is C29H30N2O3S. The van der Waals surface area contributed by atoms with Crippen molar-refractivity contribution in [2.75, 3.05) is 6.61 Å². The van der Waals surface area contributed by atoms with Crippen LogP contribution in [0, 0.1) is 20.8 Å². The van der Waals surface area contributed by atoms with E-state index in [-0.39, 0.29) is 17.9 Å². The first kappa shape index (κ1) is 24.6. The number of aromatic nitrogens is 1. The first-order valence-electron chi connectivity index (χ1n) is 11.8.